The lowest BCUT2D eigenvalue weighted by Gasteiger charge is -2.23. The Kier molecular flexibility index (Phi) is 6.64. The molecule has 0 heterocycles. The Morgan fingerprint density at radius 2 is 2.17 bits per heavy atom. The zero-order valence-electron chi connectivity index (χ0n) is 13.5. The van der Waals surface area contributed by atoms with Crippen LogP contribution in [0.5, 0.6) is 5.75 Å². The Labute approximate surface area is 140 Å². The Balaban J connectivity index is 2.11. The lowest BCUT2D eigenvalue weighted by molar-refractivity contribution is -0.134. The van der Waals surface area contributed by atoms with Gasteiger partial charge in [-0.05, 0) is 54.9 Å². The SMILES string of the molecule is C=CCCC1CCC(c2ccc(OC(=O)CCF)c(F)c2)=C(F)C1. The van der Waals surface area contributed by atoms with Gasteiger partial charge in [0, 0.05) is 6.42 Å². The van der Waals surface area contributed by atoms with E-state index in [4.69, 9.17) is 4.74 Å². The van der Waals surface area contributed by atoms with Crippen molar-refractivity contribution in [3.05, 3.63) is 48.1 Å². The van der Waals surface area contributed by atoms with E-state index in [0.717, 1.165) is 25.3 Å². The lowest BCUT2D eigenvalue weighted by atomic mass is 9.83. The third kappa shape index (κ3) is 4.73. The molecule has 0 saturated heterocycles. The highest BCUT2D eigenvalue weighted by atomic mass is 19.1. The number of allylic oxidation sites excluding steroid dienone is 3. The summed E-state index contributed by atoms with van der Waals surface area (Å²) >= 11 is 0. The maximum atomic E-state index is 14.4. The van der Waals surface area contributed by atoms with Gasteiger partial charge < -0.3 is 4.74 Å². The molecule has 0 aliphatic heterocycles. The van der Waals surface area contributed by atoms with Gasteiger partial charge in [-0.2, -0.15) is 0 Å². The van der Waals surface area contributed by atoms with E-state index in [-0.39, 0.29) is 17.5 Å². The van der Waals surface area contributed by atoms with Crippen molar-refractivity contribution in [1.82, 2.24) is 0 Å². The van der Waals surface area contributed by atoms with Crippen molar-refractivity contribution in [2.75, 3.05) is 6.67 Å². The number of benzene rings is 1. The van der Waals surface area contributed by atoms with Crippen molar-refractivity contribution in [1.29, 1.82) is 0 Å². The average molecular weight is 338 g/mol. The van der Waals surface area contributed by atoms with Crippen LogP contribution >= 0.6 is 0 Å². The normalized spacial score (nSPS) is 17.7. The Hall–Kier alpha value is -2.04. The van der Waals surface area contributed by atoms with Gasteiger partial charge >= 0.3 is 5.97 Å². The maximum absolute atomic E-state index is 14.4. The van der Waals surface area contributed by atoms with E-state index in [2.05, 4.69) is 6.58 Å². The van der Waals surface area contributed by atoms with Crippen LogP contribution in [0.2, 0.25) is 0 Å². The summed E-state index contributed by atoms with van der Waals surface area (Å²) in [5, 5.41) is 0. The number of carbonyl (C=O) groups excluding carboxylic acids is 1. The second-order valence-electron chi connectivity index (χ2n) is 5.92. The van der Waals surface area contributed by atoms with Crippen LogP contribution in [0.15, 0.2) is 36.7 Å². The van der Waals surface area contributed by atoms with Crippen molar-refractivity contribution in [3.8, 4) is 5.75 Å². The van der Waals surface area contributed by atoms with Crippen molar-refractivity contribution >= 4 is 11.5 Å². The molecule has 1 unspecified atom stereocenters. The van der Waals surface area contributed by atoms with Crippen molar-refractivity contribution in [2.24, 2.45) is 5.92 Å². The first-order chi connectivity index (χ1) is 11.5. The number of esters is 1. The minimum absolute atomic E-state index is 0.211. The van der Waals surface area contributed by atoms with Gasteiger partial charge in [0.05, 0.1) is 13.1 Å². The number of alkyl halides is 1. The van der Waals surface area contributed by atoms with Gasteiger partial charge in [-0.25, -0.2) is 8.78 Å². The second-order valence-corrected chi connectivity index (χ2v) is 5.92. The number of hydrogen-bond donors (Lipinski definition) is 0. The topological polar surface area (TPSA) is 26.3 Å². The molecule has 1 aliphatic carbocycles. The molecule has 5 heteroatoms. The lowest BCUT2D eigenvalue weighted by Crippen LogP contribution is -2.10. The quantitative estimate of drug-likeness (QED) is 0.371. The Bertz CT molecular complexity index is 637. The highest BCUT2D eigenvalue weighted by Gasteiger charge is 2.22. The third-order valence-corrected chi connectivity index (χ3v) is 4.18. The molecule has 0 aromatic heterocycles. The van der Waals surface area contributed by atoms with Gasteiger partial charge in [0.2, 0.25) is 0 Å². The average Bonchev–Trinajstić information content (AvgIpc) is 2.55. The van der Waals surface area contributed by atoms with E-state index >= 15 is 0 Å². The Morgan fingerprint density at radius 1 is 1.38 bits per heavy atom. The van der Waals surface area contributed by atoms with Crippen molar-refractivity contribution in [3.63, 3.8) is 0 Å². The zero-order chi connectivity index (χ0) is 17.5. The predicted molar refractivity (Wildman–Crippen MR) is 87.4 cm³/mol. The predicted octanol–water partition coefficient (Wildman–Crippen LogP) is 5.54. The molecular weight excluding hydrogens is 317 g/mol. The fourth-order valence-electron chi connectivity index (χ4n) is 2.89. The van der Waals surface area contributed by atoms with E-state index in [0.29, 0.717) is 24.0 Å². The minimum Gasteiger partial charge on any atom is -0.423 e. The first-order valence-electron chi connectivity index (χ1n) is 8.10. The largest absolute Gasteiger partial charge is 0.423 e. The van der Waals surface area contributed by atoms with E-state index in [9.17, 15) is 18.0 Å². The fourth-order valence-corrected chi connectivity index (χ4v) is 2.89. The van der Waals surface area contributed by atoms with Crippen molar-refractivity contribution in [2.45, 2.75) is 38.5 Å². The summed E-state index contributed by atoms with van der Waals surface area (Å²) in [6.07, 6.45) is 4.93. The summed E-state index contributed by atoms with van der Waals surface area (Å²) in [4.78, 5) is 11.2. The second kappa shape index (κ2) is 8.71. The van der Waals surface area contributed by atoms with Crippen LogP contribution in [0.4, 0.5) is 13.2 Å². The standard InChI is InChI=1S/C19H21F3O2/c1-2-3-4-13-5-7-15(16(21)11-13)14-6-8-18(17(22)12-14)24-19(23)9-10-20/h2,6,8,12-13H,1,3-5,7,9-11H2. The monoisotopic (exact) mass is 338 g/mol. The highest BCUT2D eigenvalue weighted by Crippen LogP contribution is 2.38. The van der Waals surface area contributed by atoms with E-state index < -0.39 is 24.9 Å². The van der Waals surface area contributed by atoms with Gasteiger partial charge in [-0.1, -0.05) is 12.1 Å². The first-order valence-corrected chi connectivity index (χ1v) is 8.10. The fraction of sp³-hybridized carbons (Fsp3) is 0.421. The van der Waals surface area contributed by atoms with Gasteiger partial charge in [0.25, 0.3) is 0 Å². The summed E-state index contributed by atoms with van der Waals surface area (Å²) < 4.78 is 45.2. The van der Waals surface area contributed by atoms with Gasteiger partial charge in [-0.15, -0.1) is 6.58 Å². The maximum Gasteiger partial charge on any atom is 0.313 e. The molecule has 2 rings (SSSR count). The van der Waals surface area contributed by atoms with Gasteiger partial charge in [0.1, 0.15) is 5.83 Å². The summed E-state index contributed by atoms with van der Waals surface area (Å²) in [7, 11) is 0. The third-order valence-electron chi connectivity index (χ3n) is 4.18. The summed E-state index contributed by atoms with van der Waals surface area (Å²) in [5.74, 6) is -1.78. The smallest absolute Gasteiger partial charge is 0.313 e. The molecule has 1 aromatic rings. The molecule has 0 radical (unpaired) electrons. The number of ether oxygens (including phenoxy) is 1. The molecule has 0 saturated carbocycles. The number of rotatable bonds is 7. The number of halogens is 3. The molecule has 130 valence electrons. The van der Waals surface area contributed by atoms with Crippen LogP contribution in [-0.4, -0.2) is 12.6 Å². The molecule has 0 bridgehead atoms. The van der Waals surface area contributed by atoms with Crippen LogP contribution in [-0.2, 0) is 4.79 Å². The molecule has 0 N–H and O–H groups in total. The molecule has 2 nitrogen and oxygen atoms in total. The molecular formula is C19H21F3O2. The van der Waals surface area contributed by atoms with Crippen LogP contribution in [0, 0.1) is 11.7 Å². The highest BCUT2D eigenvalue weighted by molar-refractivity contribution is 5.73. The minimum atomic E-state index is -0.857. The molecule has 1 aliphatic rings. The van der Waals surface area contributed by atoms with Gasteiger partial charge in [0.15, 0.2) is 11.6 Å². The molecule has 0 spiro atoms. The van der Waals surface area contributed by atoms with Crippen LogP contribution in [0.1, 0.15) is 44.1 Å². The summed E-state index contributed by atoms with van der Waals surface area (Å²) in [6, 6.07) is 3.97. The molecule has 24 heavy (non-hydrogen) atoms. The van der Waals surface area contributed by atoms with Crippen molar-refractivity contribution < 1.29 is 22.7 Å². The first kappa shape index (κ1) is 18.3. The van der Waals surface area contributed by atoms with Crippen LogP contribution in [0.3, 0.4) is 0 Å². The van der Waals surface area contributed by atoms with Gasteiger partial charge in [-0.3, -0.25) is 9.18 Å². The number of carbonyl (C=O) groups is 1. The molecule has 0 amide bonds. The van der Waals surface area contributed by atoms with E-state index in [1.54, 1.807) is 0 Å². The van der Waals surface area contributed by atoms with Crippen LogP contribution < -0.4 is 4.74 Å². The molecule has 1 aromatic carbocycles. The van der Waals surface area contributed by atoms with Crippen LogP contribution in [0.25, 0.3) is 5.57 Å². The number of hydrogen-bond acceptors (Lipinski definition) is 2. The van der Waals surface area contributed by atoms with E-state index in [1.807, 2.05) is 6.08 Å². The summed E-state index contributed by atoms with van der Waals surface area (Å²) in [5.41, 5.74) is 0.961. The zero-order valence-corrected chi connectivity index (χ0v) is 13.5. The molecule has 1 atom stereocenters. The van der Waals surface area contributed by atoms with E-state index in [1.165, 1.54) is 12.1 Å². The Morgan fingerprint density at radius 3 is 2.79 bits per heavy atom. The molecule has 0 fully saturated rings. The summed E-state index contributed by atoms with van der Waals surface area (Å²) in [6.45, 7) is 2.82.